The van der Waals surface area contributed by atoms with Crippen LogP contribution in [0.3, 0.4) is 0 Å². The Morgan fingerprint density at radius 2 is 1.52 bits per heavy atom. The first-order valence-electron chi connectivity index (χ1n) is 12.2. The van der Waals surface area contributed by atoms with Gasteiger partial charge in [-0.1, -0.05) is 30.3 Å². The van der Waals surface area contributed by atoms with Crippen molar-refractivity contribution >= 4 is 21.8 Å². The molecule has 0 aliphatic rings. The number of carboxylic acids is 2. The van der Waals surface area contributed by atoms with Crippen LogP contribution in [0.25, 0.3) is 0 Å². The maximum absolute atomic E-state index is 12.8. The van der Waals surface area contributed by atoms with Gasteiger partial charge in [-0.05, 0) is 71.2 Å². The van der Waals surface area contributed by atoms with Crippen LogP contribution in [0.15, 0.2) is 87.3 Å². The van der Waals surface area contributed by atoms with E-state index in [0.717, 1.165) is 5.56 Å². The number of ether oxygens (including phenoxy) is 1. The van der Waals surface area contributed by atoms with Crippen LogP contribution in [0, 0.1) is 0 Å². The van der Waals surface area contributed by atoms with E-state index in [-0.39, 0.29) is 34.9 Å². The van der Waals surface area contributed by atoms with E-state index >= 15 is 0 Å². The monoisotopic (exact) mass is 601 g/mol. The molecule has 3 aromatic carbocycles. The number of aliphatic hydroxyl groups is 1. The number of aliphatic hydroxyl groups excluding tert-OH is 1. The molecule has 4 aromatic rings. The van der Waals surface area contributed by atoms with E-state index in [9.17, 15) is 23.7 Å². The Morgan fingerprint density at radius 1 is 0.929 bits per heavy atom. The highest BCUT2D eigenvalue weighted by Crippen LogP contribution is 2.30. The van der Waals surface area contributed by atoms with Gasteiger partial charge in [0.05, 0.1) is 11.0 Å². The van der Waals surface area contributed by atoms with Crippen molar-refractivity contribution in [2.24, 2.45) is 0 Å². The van der Waals surface area contributed by atoms with Gasteiger partial charge in [0.15, 0.2) is 0 Å². The molecular weight excluding hydrogens is 574 g/mol. The standard InChI is InChI=1S/C25H25N3O7S.C2H2O4/c1-16(26-15-23(31)18-12-19(29)14-20(30)13-18)11-17-7-9-21(10-8-17)34-24-25(28-35-27-24)36(32,33)22-5-3-2-4-6-22;3-1(4)2(5)6/h2-10,12-14,16,23,26,29-31H,11,15H2,1H3;(H,3,4)(H,5,6)/t16-,23-;/m0./s1. The lowest BCUT2D eigenvalue weighted by Gasteiger charge is -2.18. The zero-order chi connectivity index (χ0) is 30.9. The molecule has 0 saturated carbocycles. The summed E-state index contributed by atoms with van der Waals surface area (Å²) in [6, 6.07) is 18.8. The molecule has 0 bridgehead atoms. The lowest BCUT2D eigenvalue weighted by atomic mass is 10.1. The summed E-state index contributed by atoms with van der Waals surface area (Å²) >= 11 is 0. The van der Waals surface area contributed by atoms with Gasteiger partial charge in [-0.15, -0.1) is 0 Å². The Labute approximate surface area is 239 Å². The highest BCUT2D eigenvalue weighted by atomic mass is 32.2. The molecule has 2 atom stereocenters. The summed E-state index contributed by atoms with van der Waals surface area (Å²) in [5.74, 6) is -3.78. The predicted molar refractivity (Wildman–Crippen MR) is 144 cm³/mol. The Bertz CT molecular complexity index is 1580. The molecule has 42 heavy (non-hydrogen) atoms. The first-order chi connectivity index (χ1) is 19.9. The molecule has 0 aliphatic carbocycles. The molecule has 1 heterocycles. The van der Waals surface area contributed by atoms with Gasteiger partial charge >= 0.3 is 17.8 Å². The van der Waals surface area contributed by atoms with E-state index in [1.54, 1.807) is 30.3 Å². The van der Waals surface area contributed by atoms with E-state index in [1.807, 2.05) is 19.1 Å². The Kier molecular flexibility index (Phi) is 10.6. The summed E-state index contributed by atoms with van der Waals surface area (Å²) in [5.41, 5.74) is 1.38. The molecule has 14 nitrogen and oxygen atoms in total. The molecule has 222 valence electrons. The summed E-state index contributed by atoms with van der Waals surface area (Å²) in [7, 11) is -3.96. The van der Waals surface area contributed by atoms with E-state index in [4.69, 9.17) is 24.5 Å². The minimum Gasteiger partial charge on any atom is -0.508 e. The van der Waals surface area contributed by atoms with Gasteiger partial charge in [0, 0.05) is 18.7 Å². The first kappa shape index (κ1) is 31.5. The van der Waals surface area contributed by atoms with Gasteiger partial charge in [0.2, 0.25) is 9.84 Å². The number of phenols is 2. The number of hydrogen-bond acceptors (Lipinski definition) is 12. The van der Waals surface area contributed by atoms with Crippen LogP contribution in [-0.4, -0.2) is 68.8 Å². The average molecular weight is 602 g/mol. The van der Waals surface area contributed by atoms with Crippen molar-refractivity contribution in [3.63, 3.8) is 0 Å². The van der Waals surface area contributed by atoms with Crippen molar-refractivity contribution in [1.29, 1.82) is 0 Å². The van der Waals surface area contributed by atoms with E-state index in [2.05, 4.69) is 20.3 Å². The van der Waals surface area contributed by atoms with Gasteiger partial charge in [-0.2, -0.15) is 0 Å². The summed E-state index contributed by atoms with van der Waals surface area (Å²) in [6.45, 7) is 2.18. The number of rotatable bonds is 10. The minimum absolute atomic E-state index is 0.000294. The van der Waals surface area contributed by atoms with Crippen LogP contribution in [-0.2, 0) is 25.8 Å². The van der Waals surface area contributed by atoms with Crippen molar-refractivity contribution in [1.82, 2.24) is 15.6 Å². The highest BCUT2D eigenvalue weighted by Gasteiger charge is 2.28. The Hall–Kier alpha value is -4.99. The number of sulfone groups is 1. The fraction of sp³-hybridized carbons (Fsp3) is 0.185. The van der Waals surface area contributed by atoms with Crippen molar-refractivity contribution in [2.45, 2.75) is 35.4 Å². The van der Waals surface area contributed by atoms with Crippen LogP contribution in [0.5, 0.6) is 23.1 Å². The second-order valence-corrected chi connectivity index (χ2v) is 10.7. The molecule has 4 rings (SSSR count). The summed E-state index contributed by atoms with van der Waals surface area (Å²) in [5, 5.41) is 54.2. The number of nitrogens with one attached hydrogen (secondary N) is 1. The average Bonchev–Trinajstić information content (AvgIpc) is 3.42. The molecule has 0 spiro atoms. The van der Waals surface area contributed by atoms with Crippen LogP contribution in [0.1, 0.15) is 24.2 Å². The first-order valence-corrected chi connectivity index (χ1v) is 13.6. The van der Waals surface area contributed by atoms with Crippen molar-refractivity contribution < 1.29 is 52.9 Å². The van der Waals surface area contributed by atoms with Crippen LogP contribution >= 0.6 is 0 Å². The largest absolute Gasteiger partial charge is 0.508 e. The van der Waals surface area contributed by atoms with Crippen molar-refractivity contribution in [3.05, 3.63) is 83.9 Å². The van der Waals surface area contributed by atoms with Crippen LogP contribution in [0.2, 0.25) is 0 Å². The summed E-state index contributed by atoms with van der Waals surface area (Å²) < 4.78 is 35.9. The smallest absolute Gasteiger partial charge is 0.414 e. The number of nitrogens with zero attached hydrogens (tertiary/aromatic N) is 2. The molecular formula is C27H27N3O11S. The molecule has 0 radical (unpaired) electrons. The van der Waals surface area contributed by atoms with E-state index in [1.165, 1.54) is 30.3 Å². The number of hydrogen-bond donors (Lipinski definition) is 6. The zero-order valence-electron chi connectivity index (χ0n) is 22.0. The lowest BCUT2D eigenvalue weighted by molar-refractivity contribution is -0.159. The lowest BCUT2D eigenvalue weighted by Crippen LogP contribution is -2.32. The molecule has 0 fully saturated rings. The Balaban J connectivity index is 0.000000730. The maximum Gasteiger partial charge on any atom is 0.414 e. The molecule has 15 heteroatoms. The predicted octanol–water partition coefficient (Wildman–Crippen LogP) is 2.52. The summed E-state index contributed by atoms with van der Waals surface area (Å²) in [6.07, 6.45) is -0.268. The van der Waals surface area contributed by atoms with Gasteiger partial charge in [-0.25, -0.2) is 22.6 Å². The number of carboxylic acid groups (broad SMARTS) is 2. The van der Waals surface area contributed by atoms with Crippen molar-refractivity contribution in [2.75, 3.05) is 6.54 Å². The zero-order valence-corrected chi connectivity index (χ0v) is 22.8. The summed E-state index contributed by atoms with van der Waals surface area (Å²) in [4.78, 5) is 18.2. The number of carbonyl (C=O) groups is 2. The van der Waals surface area contributed by atoms with Gasteiger partial charge in [-0.3, -0.25) is 0 Å². The molecule has 1 aromatic heterocycles. The van der Waals surface area contributed by atoms with Gasteiger partial charge in [0.25, 0.3) is 5.03 Å². The number of benzene rings is 3. The fourth-order valence-corrected chi connectivity index (χ4v) is 4.76. The number of aliphatic carboxylic acids is 2. The van der Waals surface area contributed by atoms with Gasteiger partial charge in [0.1, 0.15) is 17.2 Å². The highest BCUT2D eigenvalue weighted by molar-refractivity contribution is 7.91. The maximum atomic E-state index is 12.8. The molecule has 0 aliphatic heterocycles. The third kappa shape index (κ3) is 8.76. The molecule has 6 N–H and O–H groups in total. The number of phenolic OH excluding ortho intramolecular Hbond substituents is 2. The Morgan fingerprint density at radius 3 is 2.10 bits per heavy atom. The van der Waals surface area contributed by atoms with E-state index in [0.29, 0.717) is 17.7 Å². The third-order valence-electron chi connectivity index (χ3n) is 5.57. The minimum atomic E-state index is -3.96. The fourth-order valence-electron chi connectivity index (χ4n) is 3.58. The van der Waals surface area contributed by atoms with Crippen LogP contribution in [0.4, 0.5) is 0 Å². The second kappa shape index (κ2) is 14.1. The second-order valence-electron chi connectivity index (χ2n) is 8.86. The normalized spacial score (nSPS) is 12.4. The third-order valence-corrected chi connectivity index (χ3v) is 7.22. The van der Waals surface area contributed by atoms with E-state index < -0.39 is 32.9 Å². The molecule has 0 unspecified atom stereocenters. The van der Waals surface area contributed by atoms with Crippen LogP contribution < -0.4 is 10.1 Å². The SMILES string of the molecule is C[C@@H](Cc1ccc(Oc2nonc2S(=O)(=O)c2ccccc2)cc1)NC[C@H](O)c1cc(O)cc(O)c1.O=C(O)C(=O)O. The molecule has 0 amide bonds. The number of aromatic nitrogens is 2. The number of aromatic hydroxyl groups is 2. The topological polar surface area (TPSA) is 230 Å². The molecule has 0 saturated heterocycles. The van der Waals surface area contributed by atoms with Gasteiger partial charge < -0.3 is 35.6 Å². The van der Waals surface area contributed by atoms with Crippen molar-refractivity contribution in [3.8, 4) is 23.1 Å². The quantitative estimate of drug-likeness (QED) is 0.144.